The number of sulfonamides is 1. The first-order chi connectivity index (χ1) is 9.79. The first kappa shape index (κ1) is 16.6. The van der Waals surface area contributed by atoms with Gasteiger partial charge < -0.3 is 0 Å². The average molecular weight is 411 g/mol. The molecule has 0 amide bonds. The Kier molecular flexibility index (Phi) is 5.21. The van der Waals surface area contributed by atoms with Crippen LogP contribution in [-0.2, 0) is 16.6 Å². The largest absolute Gasteiger partial charge is 0.243 e. The van der Waals surface area contributed by atoms with E-state index >= 15 is 0 Å². The normalized spacial score (nSPS) is 11.6. The van der Waals surface area contributed by atoms with E-state index in [-0.39, 0.29) is 21.5 Å². The molecule has 0 unspecified atom stereocenters. The Hall–Kier alpha value is -0.730. The van der Waals surface area contributed by atoms with Crippen LogP contribution in [0.4, 0.5) is 0 Å². The number of benzene rings is 1. The van der Waals surface area contributed by atoms with E-state index in [2.05, 4.69) is 30.6 Å². The third-order valence-electron chi connectivity index (χ3n) is 2.51. The van der Waals surface area contributed by atoms with Crippen LogP contribution in [0.3, 0.4) is 0 Å². The van der Waals surface area contributed by atoms with Crippen LogP contribution < -0.4 is 4.72 Å². The molecule has 21 heavy (non-hydrogen) atoms. The number of hydrogen-bond acceptors (Lipinski definition) is 4. The summed E-state index contributed by atoms with van der Waals surface area (Å²) in [6.45, 7) is 1.74. The maximum Gasteiger partial charge on any atom is 0.243 e. The summed E-state index contributed by atoms with van der Waals surface area (Å²) in [6, 6.07) is 4.56. The summed E-state index contributed by atoms with van der Waals surface area (Å²) >= 11 is 15.1. The van der Waals surface area contributed by atoms with Gasteiger partial charge in [-0.25, -0.2) is 23.1 Å². The third-order valence-corrected chi connectivity index (χ3v) is 5.29. The summed E-state index contributed by atoms with van der Waals surface area (Å²) in [6.07, 6.45) is 1.56. The molecule has 112 valence electrons. The lowest BCUT2D eigenvalue weighted by atomic mass is 10.4. The van der Waals surface area contributed by atoms with Crippen LogP contribution in [0.25, 0.3) is 0 Å². The molecule has 0 aliphatic heterocycles. The maximum absolute atomic E-state index is 12.3. The molecule has 2 aromatic rings. The lowest BCUT2D eigenvalue weighted by Gasteiger charge is -2.10. The van der Waals surface area contributed by atoms with Gasteiger partial charge in [-0.15, -0.1) is 0 Å². The first-order valence-electron chi connectivity index (χ1n) is 5.72. The number of aromatic nitrogens is 2. The van der Waals surface area contributed by atoms with Crippen molar-refractivity contribution in [1.29, 1.82) is 0 Å². The van der Waals surface area contributed by atoms with E-state index in [4.69, 9.17) is 23.2 Å². The molecule has 9 heteroatoms. The first-order valence-corrected chi connectivity index (χ1v) is 8.75. The fourth-order valence-electron chi connectivity index (χ4n) is 1.63. The number of halogens is 3. The van der Waals surface area contributed by atoms with E-state index in [0.29, 0.717) is 16.0 Å². The second-order valence-electron chi connectivity index (χ2n) is 4.12. The molecular weight excluding hydrogens is 401 g/mol. The van der Waals surface area contributed by atoms with Gasteiger partial charge in [-0.2, -0.15) is 0 Å². The van der Waals surface area contributed by atoms with E-state index in [0.717, 1.165) is 0 Å². The van der Waals surface area contributed by atoms with Crippen molar-refractivity contribution < 1.29 is 8.42 Å². The summed E-state index contributed by atoms with van der Waals surface area (Å²) in [5.41, 5.74) is 0.551. The highest BCUT2D eigenvalue weighted by molar-refractivity contribution is 9.10. The molecule has 0 saturated carbocycles. The molecule has 0 saturated heterocycles. The van der Waals surface area contributed by atoms with Gasteiger partial charge in [0, 0.05) is 10.7 Å². The molecule has 0 spiro atoms. The molecule has 0 radical (unpaired) electrons. The van der Waals surface area contributed by atoms with Crippen molar-refractivity contribution in [2.45, 2.75) is 18.4 Å². The topological polar surface area (TPSA) is 72.0 Å². The van der Waals surface area contributed by atoms with Gasteiger partial charge in [0.25, 0.3) is 0 Å². The SMILES string of the molecule is Cc1nccc(CNS(=O)(=O)c2c(Cl)cc(Br)cc2Cl)n1. The van der Waals surface area contributed by atoms with Crippen LogP contribution in [0.5, 0.6) is 0 Å². The fraction of sp³-hybridized carbons (Fsp3) is 0.167. The second kappa shape index (κ2) is 6.58. The zero-order chi connectivity index (χ0) is 15.6. The van der Waals surface area contributed by atoms with E-state index < -0.39 is 10.0 Å². The highest BCUT2D eigenvalue weighted by atomic mass is 79.9. The van der Waals surface area contributed by atoms with Crippen LogP contribution >= 0.6 is 39.1 Å². The minimum absolute atomic E-state index is 0.0222. The Morgan fingerprint density at radius 2 is 1.90 bits per heavy atom. The molecule has 0 aliphatic rings. The monoisotopic (exact) mass is 409 g/mol. The Labute approximate surface area is 140 Å². The minimum atomic E-state index is -3.84. The van der Waals surface area contributed by atoms with Crippen LogP contribution in [0.2, 0.25) is 10.0 Å². The molecule has 0 fully saturated rings. The molecule has 1 aromatic heterocycles. The predicted molar refractivity (Wildman–Crippen MR) is 85.0 cm³/mol. The minimum Gasteiger partial charge on any atom is -0.242 e. The lowest BCUT2D eigenvalue weighted by molar-refractivity contribution is 0.580. The fourth-order valence-corrected chi connectivity index (χ4v) is 4.56. The Morgan fingerprint density at radius 1 is 1.29 bits per heavy atom. The van der Waals surface area contributed by atoms with Gasteiger partial charge in [-0.05, 0) is 25.1 Å². The molecule has 0 bridgehead atoms. The van der Waals surface area contributed by atoms with Crippen LogP contribution in [0.15, 0.2) is 33.8 Å². The number of nitrogens with zero attached hydrogens (tertiary/aromatic N) is 2. The molecule has 1 aromatic carbocycles. The molecule has 2 rings (SSSR count). The van der Waals surface area contributed by atoms with Crippen molar-refractivity contribution in [3.63, 3.8) is 0 Å². The van der Waals surface area contributed by atoms with Crippen molar-refractivity contribution in [1.82, 2.24) is 14.7 Å². The van der Waals surface area contributed by atoms with Crippen molar-refractivity contribution in [2.24, 2.45) is 0 Å². The average Bonchev–Trinajstić information content (AvgIpc) is 2.35. The van der Waals surface area contributed by atoms with Crippen molar-refractivity contribution >= 4 is 49.2 Å². The Morgan fingerprint density at radius 3 is 2.48 bits per heavy atom. The number of aryl methyl sites for hydroxylation is 1. The van der Waals surface area contributed by atoms with Gasteiger partial charge in [0.05, 0.1) is 22.3 Å². The van der Waals surface area contributed by atoms with Gasteiger partial charge in [0.15, 0.2) is 0 Å². The predicted octanol–water partition coefficient (Wildman–Crippen LogP) is 3.33. The molecule has 1 heterocycles. The van der Waals surface area contributed by atoms with Crippen molar-refractivity contribution in [2.75, 3.05) is 0 Å². The van der Waals surface area contributed by atoms with Gasteiger partial charge in [-0.3, -0.25) is 0 Å². The molecular formula is C12H10BrCl2N3O2S. The van der Waals surface area contributed by atoms with Crippen LogP contribution in [-0.4, -0.2) is 18.4 Å². The zero-order valence-corrected chi connectivity index (χ0v) is 14.7. The molecule has 5 nitrogen and oxygen atoms in total. The smallest absolute Gasteiger partial charge is 0.242 e. The van der Waals surface area contributed by atoms with Crippen molar-refractivity contribution in [3.8, 4) is 0 Å². The molecule has 0 aliphatic carbocycles. The number of rotatable bonds is 4. The highest BCUT2D eigenvalue weighted by Gasteiger charge is 2.22. The second-order valence-corrected chi connectivity index (χ2v) is 7.55. The summed E-state index contributed by atoms with van der Waals surface area (Å²) in [5.74, 6) is 0.561. The van der Waals surface area contributed by atoms with Crippen LogP contribution in [0, 0.1) is 6.92 Å². The zero-order valence-electron chi connectivity index (χ0n) is 10.8. The van der Waals surface area contributed by atoms with Gasteiger partial charge in [0.1, 0.15) is 10.7 Å². The quantitative estimate of drug-likeness (QED) is 0.838. The number of nitrogens with one attached hydrogen (secondary N) is 1. The summed E-state index contributed by atoms with van der Waals surface area (Å²) in [5, 5.41) is 0.0847. The molecule has 1 N–H and O–H groups in total. The Balaban J connectivity index is 2.27. The van der Waals surface area contributed by atoms with Crippen LogP contribution in [0.1, 0.15) is 11.5 Å². The molecule has 0 atom stereocenters. The maximum atomic E-state index is 12.3. The van der Waals surface area contributed by atoms with Gasteiger partial charge in [-0.1, -0.05) is 39.1 Å². The van der Waals surface area contributed by atoms with Crippen molar-refractivity contribution in [3.05, 3.63) is 50.4 Å². The van der Waals surface area contributed by atoms with Gasteiger partial charge >= 0.3 is 0 Å². The lowest BCUT2D eigenvalue weighted by Crippen LogP contribution is -2.24. The standard InChI is InChI=1S/C12H10BrCl2N3O2S/c1-7-16-3-2-9(18-7)6-17-21(19,20)12-10(14)4-8(13)5-11(12)15/h2-5,17H,6H2,1H3. The van der Waals surface area contributed by atoms with E-state index in [9.17, 15) is 8.42 Å². The van der Waals surface area contributed by atoms with E-state index in [1.807, 2.05) is 0 Å². The summed E-state index contributed by atoms with van der Waals surface area (Å²) in [4.78, 5) is 7.91. The highest BCUT2D eigenvalue weighted by Crippen LogP contribution is 2.32. The van der Waals surface area contributed by atoms with E-state index in [1.165, 1.54) is 12.1 Å². The Bertz CT molecular complexity index is 761. The van der Waals surface area contributed by atoms with E-state index in [1.54, 1.807) is 19.2 Å². The summed E-state index contributed by atoms with van der Waals surface area (Å²) < 4.78 is 27.6. The van der Waals surface area contributed by atoms with Gasteiger partial charge in [0.2, 0.25) is 10.0 Å². The third kappa shape index (κ3) is 4.14. The number of hydrogen-bond donors (Lipinski definition) is 1. The summed E-state index contributed by atoms with van der Waals surface area (Å²) in [7, 11) is -3.84.